The third-order valence-electron chi connectivity index (χ3n) is 2.29. The molecule has 0 radical (unpaired) electrons. The van der Waals surface area contributed by atoms with E-state index in [1.807, 2.05) is 0 Å². The van der Waals surface area contributed by atoms with Crippen LogP contribution < -0.4 is 10.5 Å². The molecule has 0 aliphatic heterocycles. The van der Waals surface area contributed by atoms with Crippen LogP contribution >= 0.6 is 0 Å². The number of aliphatic hydroxyl groups is 1. The average molecular weight is 300 g/mol. The standard InChI is InChI=1S/C12H13FN2O4S/c1-8(12(14)17)15-20(18,19)11-5-4-10(13)7-9(11)3-2-6-16/h4-5,7-8,15-16H,6H2,1H3,(H2,14,17). The number of nitrogens with two attached hydrogens (primary N) is 1. The Bertz CT molecular complexity index is 676. The van der Waals surface area contributed by atoms with Gasteiger partial charge in [-0.2, -0.15) is 4.72 Å². The van der Waals surface area contributed by atoms with Crippen molar-refractivity contribution in [3.8, 4) is 11.8 Å². The lowest BCUT2D eigenvalue weighted by Gasteiger charge is -2.12. The van der Waals surface area contributed by atoms with Crippen molar-refractivity contribution >= 4 is 15.9 Å². The molecule has 0 aromatic heterocycles. The zero-order valence-corrected chi connectivity index (χ0v) is 11.4. The largest absolute Gasteiger partial charge is 0.384 e. The van der Waals surface area contributed by atoms with Crippen molar-refractivity contribution in [2.24, 2.45) is 5.73 Å². The molecule has 0 saturated carbocycles. The van der Waals surface area contributed by atoms with Crippen molar-refractivity contribution in [2.75, 3.05) is 6.61 Å². The number of halogens is 1. The van der Waals surface area contributed by atoms with Gasteiger partial charge in [-0.1, -0.05) is 11.8 Å². The SMILES string of the molecule is CC(NS(=O)(=O)c1ccc(F)cc1C#CCO)C(N)=O. The highest BCUT2D eigenvalue weighted by molar-refractivity contribution is 7.89. The zero-order valence-electron chi connectivity index (χ0n) is 10.6. The number of primary amides is 1. The van der Waals surface area contributed by atoms with E-state index in [1.165, 1.54) is 6.92 Å². The minimum atomic E-state index is -4.08. The lowest BCUT2D eigenvalue weighted by atomic mass is 10.2. The van der Waals surface area contributed by atoms with Gasteiger partial charge in [0.2, 0.25) is 15.9 Å². The molecule has 0 saturated heterocycles. The summed E-state index contributed by atoms with van der Waals surface area (Å²) in [6.07, 6.45) is 0. The highest BCUT2D eigenvalue weighted by Gasteiger charge is 2.23. The fraction of sp³-hybridized carbons (Fsp3) is 0.250. The van der Waals surface area contributed by atoms with Crippen LogP contribution in [-0.4, -0.2) is 32.1 Å². The Kier molecular flexibility index (Phi) is 5.21. The van der Waals surface area contributed by atoms with Crippen LogP contribution in [0.1, 0.15) is 12.5 Å². The van der Waals surface area contributed by atoms with Gasteiger partial charge in [-0.3, -0.25) is 4.79 Å². The molecule has 108 valence electrons. The maximum atomic E-state index is 13.1. The van der Waals surface area contributed by atoms with E-state index in [1.54, 1.807) is 0 Å². The molecule has 0 fully saturated rings. The molecule has 4 N–H and O–H groups in total. The van der Waals surface area contributed by atoms with Crippen molar-refractivity contribution < 1.29 is 22.7 Å². The highest BCUT2D eigenvalue weighted by Crippen LogP contribution is 2.16. The molecule has 1 unspecified atom stereocenters. The lowest BCUT2D eigenvalue weighted by Crippen LogP contribution is -2.42. The number of hydrogen-bond acceptors (Lipinski definition) is 4. The molecule has 0 spiro atoms. The van der Waals surface area contributed by atoms with Gasteiger partial charge in [0.1, 0.15) is 12.4 Å². The molecule has 1 aromatic carbocycles. The van der Waals surface area contributed by atoms with Gasteiger partial charge in [0, 0.05) is 5.56 Å². The van der Waals surface area contributed by atoms with Crippen molar-refractivity contribution in [1.82, 2.24) is 4.72 Å². The molecule has 0 heterocycles. The van der Waals surface area contributed by atoms with E-state index in [0.29, 0.717) is 0 Å². The Balaban J connectivity index is 3.27. The normalized spacial score (nSPS) is 12.3. The van der Waals surface area contributed by atoms with E-state index in [-0.39, 0.29) is 10.5 Å². The fourth-order valence-corrected chi connectivity index (χ4v) is 2.68. The second-order valence-electron chi connectivity index (χ2n) is 3.85. The van der Waals surface area contributed by atoms with Crippen LogP contribution in [0.15, 0.2) is 23.1 Å². The van der Waals surface area contributed by atoms with E-state index >= 15 is 0 Å². The molecule has 20 heavy (non-hydrogen) atoms. The second kappa shape index (κ2) is 6.47. The first-order valence-corrected chi connectivity index (χ1v) is 6.97. The van der Waals surface area contributed by atoms with Gasteiger partial charge in [0.05, 0.1) is 10.9 Å². The van der Waals surface area contributed by atoms with Gasteiger partial charge in [0.25, 0.3) is 0 Å². The van der Waals surface area contributed by atoms with Gasteiger partial charge in [-0.25, -0.2) is 12.8 Å². The first-order valence-electron chi connectivity index (χ1n) is 5.49. The van der Waals surface area contributed by atoms with Crippen molar-refractivity contribution in [3.63, 3.8) is 0 Å². The van der Waals surface area contributed by atoms with Gasteiger partial charge in [-0.15, -0.1) is 0 Å². The smallest absolute Gasteiger partial charge is 0.242 e. The number of benzene rings is 1. The first kappa shape index (κ1) is 16.1. The quantitative estimate of drug-likeness (QED) is 0.640. The predicted molar refractivity (Wildman–Crippen MR) is 69.3 cm³/mol. The number of carbonyl (C=O) groups is 1. The van der Waals surface area contributed by atoms with Crippen LogP contribution in [0.4, 0.5) is 4.39 Å². The summed E-state index contributed by atoms with van der Waals surface area (Å²) in [5.41, 5.74) is 4.85. The molecular weight excluding hydrogens is 287 g/mol. The summed E-state index contributed by atoms with van der Waals surface area (Å²) < 4.78 is 39.3. The number of sulfonamides is 1. The number of hydrogen-bond donors (Lipinski definition) is 3. The molecular formula is C12H13FN2O4S. The number of nitrogens with one attached hydrogen (secondary N) is 1. The van der Waals surface area contributed by atoms with Crippen LogP contribution in [0.3, 0.4) is 0 Å². The summed E-state index contributed by atoms with van der Waals surface area (Å²) in [7, 11) is -4.08. The molecule has 1 aromatic rings. The topological polar surface area (TPSA) is 109 Å². The molecule has 1 rings (SSSR count). The van der Waals surface area contributed by atoms with Crippen molar-refractivity contribution in [3.05, 3.63) is 29.6 Å². The molecule has 0 bridgehead atoms. The second-order valence-corrected chi connectivity index (χ2v) is 5.53. The number of rotatable bonds is 4. The molecule has 0 aliphatic rings. The highest BCUT2D eigenvalue weighted by atomic mass is 32.2. The summed E-state index contributed by atoms with van der Waals surface area (Å²) in [4.78, 5) is 10.6. The molecule has 1 atom stereocenters. The number of aliphatic hydroxyl groups excluding tert-OH is 1. The Hall–Kier alpha value is -1.95. The summed E-state index contributed by atoms with van der Waals surface area (Å²) in [6, 6.07) is 1.77. The fourth-order valence-electron chi connectivity index (χ4n) is 1.32. The Morgan fingerprint density at radius 1 is 1.55 bits per heavy atom. The Labute approximate surface area is 115 Å². The Morgan fingerprint density at radius 2 is 2.20 bits per heavy atom. The van der Waals surface area contributed by atoms with Crippen LogP contribution in [0.2, 0.25) is 0 Å². The van der Waals surface area contributed by atoms with E-state index in [9.17, 15) is 17.6 Å². The Morgan fingerprint density at radius 3 is 2.75 bits per heavy atom. The molecule has 6 nitrogen and oxygen atoms in total. The van der Waals surface area contributed by atoms with Gasteiger partial charge in [-0.05, 0) is 25.1 Å². The molecule has 1 amide bonds. The van der Waals surface area contributed by atoms with Gasteiger partial charge < -0.3 is 10.8 Å². The van der Waals surface area contributed by atoms with Crippen LogP contribution in [0.5, 0.6) is 0 Å². The predicted octanol–water partition coefficient (Wildman–Crippen LogP) is -0.678. The molecule has 0 aliphatic carbocycles. The van der Waals surface area contributed by atoms with E-state index < -0.39 is 34.4 Å². The number of carbonyl (C=O) groups excluding carboxylic acids is 1. The van der Waals surface area contributed by atoms with Gasteiger partial charge in [0.15, 0.2) is 0 Å². The monoisotopic (exact) mass is 300 g/mol. The van der Waals surface area contributed by atoms with Crippen LogP contribution in [0.25, 0.3) is 0 Å². The number of amides is 1. The third kappa shape index (κ3) is 4.03. The third-order valence-corrected chi connectivity index (χ3v) is 3.89. The summed E-state index contributed by atoms with van der Waals surface area (Å²) in [5, 5.41) is 8.62. The summed E-state index contributed by atoms with van der Waals surface area (Å²) in [5.74, 6) is 3.05. The van der Waals surface area contributed by atoms with E-state index in [4.69, 9.17) is 10.8 Å². The minimum Gasteiger partial charge on any atom is -0.384 e. The summed E-state index contributed by atoms with van der Waals surface area (Å²) in [6.45, 7) is 0.781. The zero-order chi connectivity index (χ0) is 15.3. The maximum Gasteiger partial charge on any atom is 0.242 e. The minimum absolute atomic E-state index is 0.122. The lowest BCUT2D eigenvalue weighted by molar-refractivity contribution is -0.119. The van der Waals surface area contributed by atoms with Gasteiger partial charge >= 0.3 is 0 Å². The van der Waals surface area contributed by atoms with Crippen molar-refractivity contribution in [1.29, 1.82) is 0 Å². The summed E-state index contributed by atoms with van der Waals surface area (Å²) >= 11 is 0. The van der Waals surface area contributed by atoms with Crippen molar-refractivity contribution in [2.45, 2.75) is 17.9 Å². The average Bonchev–Trinajstić information content (AvgIpc) is 2.35. The van der Waals surface area contributed by atoms with E-state index in [0.717, 1.165) is 18.2 Å². The van der Waals surface area contributed by atoms with Crippen LogP contribution in [0, 0.1) is 17.7 Å². The first-order chi connectivity index (χ1) is 9.27. The van der Waals surface area contributed by atoms with E-state index in [2.05, 4.69) is 16.6 Å². The molecule has 8 heteroatoms. The van der Waals surface area contributed by atoms with Crippen LogP contribution in [-0.2, 0) is 14.8 Å². The maximum absolute atomic E-state index is 13.1.